The number of benzene rings is 1. The van der Waals surface area contributed by atoms with E-state index in [4.69, 9.17) is 9.47 Å². The van der Waals surface area contributed by atoms with E-state index in [0.717, 1.165) is 19.5 Å². The molecule has 1 fully saturated rings. The molecule has 0 saturated carbocycles. The van der Waals surface area contributed by atoms with Crippen LogP contribution in [-0.2, 0) is 11.3 Å². The molecule has 1 aliphatic heterocycles. The zero-order valence-electron chi connectivity index (χ0n) is 17.1. The lowest BCUT2D eigenvalue weighted by molar-refractivity contribution is -0.122. The molecule has 1 aromatic heterocycles. The number of hydrogen-bond acceptors (Lipinski definition) is 6. The second-order valence-electron chi connectivity index (χ2n) is 7.22. The Bertz CT molecular complexity index is 902. The van der Waals surface area contributed by atoms with Crippen LogP contribution in [0, 0.1) is 5.92 Å². The molecule has 2 unspecified atom stereocenters. The van der Waals surface area contributed by atoms with Crippen molar-refractivity contribution in [2.24, 2.45) is 5.92 Å². The van der Waals surface area contributed by atoms with E-state index >= 15 is 0 Å². The van der Waals surface area contributed by atoms with Gasteiger partial charge in [0.1, 0.15) is 0 Å². The molecule has 2 atom stereocenters. The summed E-state index contributed by atoms with van der Waals surface area (Å²) < 4.78 is 12.1. The summed E-state index contributed by atoms with van der Waals surface area (Å²) in [7, 11) is 3.07. The van der Waals surface area contributed by atoms with Gasteiger partial charge in [-0.3, -0.25) is 14.2 Å². The number of fused-ring (bicyclic) bond motifs is 1. The average Bonchev–Trinajstić information content (AvgIpc) is 2.70. The molecule has 8 nitrogen and oxygen atoms in total. The number of aromatic nitrogens is 2. The third-order valence-corrected chi connectivity index (χ3v) is 5.31. The molecule has 29 heavy (non-hydrogen) atoms. The molecule has 3 rings (SSSR count). The zero-order valence-corrected chi connectivity index (χ0v) is 17.9. The monoisotopic (exact) mass is 424 g/mol. The van der Waals surface area contributed by atoms with Crippen LogP contribution < -0.4 is 25.7 Å². The van der Waals surface area contributed by atoms with E-state index in [-0.39, 0.29) is 29.9 Å². The van der Waals surface area contributed by atoms with Gasteiger partial charge in [0.25, 0.3) is 5.56 Å². The van der Waals surface area contributed by atoms with Crippen LogP contribution in [0.4, 0.5) is 0 Å². The highest BCUT2D eigenvalue weighted by Gasteiger charge is 2.22. The highest BCUT2D eigenvalue weighted by molar-refractivity contribution is 5.85. The number of rotatable bonds is 7. The van der Waals surface area contributed by atoms with Crippen LogP contribution in [0.3, 0.4) is 0 Å². The standard InChI is InChI=1S/C20H28N4O4.ClH/c1-13-6-7-21-11-16(13)23-19(25)5-4-8-24-12-22-15-10-18(28-3)17(27-2)9-14(15)20(24)26;/h9-10,12-13,16,21H,4-8,11H2,1-3H3,(H,23,25);1H. The molecule has 9 heteroatoms. The SMILES string of the molecule is COc1cc2ncn(CCCC(=O)NC3CNCCC3C)c(=O)c2cc1OC.Cl. The Morgan fingerprint density at radius 1 is 1.31 bits per heavy atom. The normalized spacial score (nSPS) is 18.7. The van der Waals surface area contributed by atoms with Crippen molar-refractivity contribution in [2.75, 3.05) is 27.3 Å². The molecule has 2 aromatic rings. The number of piperidine rings is 1. The van der Waals surface area contributed by atoms with Crippen molar-refractivity contribution in [1.82, 2.24) is 20.2 Å². The summed E-state index contributed by atoms with van der Waals surface area (Å²) in [5, 5.41) is 6.86. The Kier molecular flexibility index (Phi) is 8.28. The Morgan fingerprint density at radius 3 is 2.72 bits per heavy atom. The number of ether oxygens (including phenoxy) is 2. The van der Waals surface area contributed by atoms with Crippen LogP contribution >= 0.6 is 12.4 Å². The number of carbonyl (C=O) groups excluding carboxylic acids is 1. The summed E-state index contributed by atoms with van der Waals surface area (Å²) >= 11 is 0. The van der Waals surface area contributed by atoms with Gasteiger partial charge < -0.3 is 20.1 Å². The second kappa shape index (κ2) is 10.5. The smallest absolute Gasteiger partial charge is 0.261 e. The van der Waals surface area contributed by atoms with E-state index in [9.17, 15) is 9.59 Å². The van der Waals surface area contributed by atoms with Crippen LogP contribution in [0.5, 0.6) is 11.5 Å². The van der Waals surface area contributed by atoms with E-state index in [2.05, 4.69) is 22.5 Å². The fourth-order valence-electron chi connectivity index (χ4n) is 3.52. The summed E-state index contributed by atoms with van der Waals surface area (Å²) in [6.07, 6.45) is 3.53. The van der Waals surface area contributed by atoms with Crippen LogP contribution in [0.25, 0.3) is 10.9 Å². The fraction of sp³-hybridized carbons (Fsp3) is 0.550. The lowest BCUT2D eigenvalue weighted by atomic mass is 9.95. The first-order valence-electron chi connectivity index (χ1n) is 9.64. The van der Waals surface area contributed by atoms with Gasteiger partial charge in [0.05, 0.1) is 31.4 Å². The first kappa shape index (κ1) is 23.0. The third-order valence-electron chi connectivity index (χ3n) is 5.31. The Morgan fingerprint density at radius 2 is 2.03 bits per heavy atom. The predicted octanol–water partition coefficient (Wildman–Crippen LogP) is 1.73. The first-order chi connectivity index (χ1) is 13.5. The van der Waals surface area contributed by atoms with Crippen molar-refractivity contribution >= 4 is 29.2 Å². The van der Waals surface area contributed by atoms with Gasteiger partial charge in [-0.15, -0.1) is 12.4 Å². The topological polar surface area (TPSA) is 94.5 Å². The van der Waals surface area contributed by atoms with E-state index in [1.807, 2.05) is 0 Å². The minimum atomic E-state index is -0.156. The number of halogens is 1. The number of hydrogen-bond donors (Lipinski definition) is 2. The van der Waals surface area contributed by atoms with Gasteiger partial charge in [-0.1, -0.05) is 6.92 Å². The first-order valence-corrected chi connectivity index (χ1v) is 9.64. The quantitative estimate of drug-likeness (QED) is 0.703. The molecule has 2 heterocycles. The molecule has 0 spiro atoms. The Hall–Kier alpha value is -2.32. The maximum atomic E-state index is 12.7. The van der Waals surface area contributed by atoms with Gasteiger partial charge >= 0.3 is 0 Å². The minimum absolute atomic E-state index is 0. The van der Waals surface area contributed by atoms with Gasteiger partial charge in [0.2, 0.25) is 5.91 Å². The summed E-state index contributed by atoms with van der Waals surface area (Å²) in [5.74, 6) is 1.52. The molecule has 2 N–H and O–H groups in total. The zero-order chi connectivity index (χ0) is 20.1. The summed E-state index contributed by atoms with van der Waals surface area (Å²) in [6, 6.07) is 3.51. The van der Waals surface area contributed by atoms with Crippen molar-refractivity contribution in [3.8, 4) is 11.5 Å². The highest BCUT2D eigenvalue weighted by Crippen LogP contribution is 2.29. The van der Waals surface area contributed by atoms with E-state index < -0.39 is 0 Å². The second-order valence-corrected chi connectivity index (χ2v) is 7.22. The van der Waals surface area contributed by atoms with E-state index in [1.54, 1.807) is 19.2 Å². The van der Waals surface area contributed by atoms with E-state index in [0.29, 0.717) is 47.7 Å². The van der Waals surface area contributed by atoms with Crippen LogP contribution in [-0.4, -0.2) is 48.8 Å². The largest absolute Gasteiger partial charge is 0.493 e. The van der Waals surface area contributed by atoms with Crippen molar-refractivity contribution in [1.29, 1.82) is 0 Å². The van der Waals surface area contributed by atoms with Gasteiger partial charge in [-0.2, -0.15) is 0 Å². The molecule has 1 aromatic carbocycles. The minimum Gasteiger partial charge on any atom is -0.493 e. The van der Waals surface area contributed by atoms with Crippen molar-refractivity contribution in [3.63, 3.8) is 0 Å². The molecule has 1 aliphatic rings. The molecule has 1 amide bonds. The lowest BCUT2D eigenvalue weighted by Crippen LogP contribution is -2.50. The van der Waals surface area contributed by atoms with Gasteiger partial charge in [-0.25, -0.2) is 4.98 Å². The third kappa shape index (κ3) is 5.39. The summed E-state index contributed by atoms with van der Waals surface area (Å²) in [4.78, 5) is 29.3. The van der Waals surface area contributed by atoms with E-state index in [1.165, 1.54) is 18.0 Å². The lowest BCUT2D eigenvalue weighted by Gasteiger charge is -2.30. The molecule has 1 saturated heterocycles. The molecule has 160 valence electrons. The van der Waals surface area contributed by atoms with Gasteiger partial charge in [0.15, 0.2) is 11.5 Å². The molecule has 0 bridgehead atoms. The Balaban J connectivity index is 0.00000300. The highest BCUT2D eigenvalue weighted by atomic mass is 35.5. The number of methoxy groups -OCH3 is 2. The molecule has 0 radical (unpaired) electrons. The number of nitrogens with one attached hydrogen (secondary N) is 2. The maximum Gasteiger partial charge on any atom is 0.261 e. The molecule has 0 aliphatic carbocycles. The number of nitrogens with zero attached hydrogens (tertiary/aromatic N) is 2. The van der Waals surface area contributed by atoms with Gasteiger partial charge in [0, 0.05) is 31.6 Å². The summed E-state index contributed by atoms with van der Waals surface area (Å²) in [6.45, 7) is 4.41. The predicted molar refractivity (Wildman–Crippen MR) is 114 cm³/mol. The number of amides is 1. The number of aryl methyl sites for hydroxylation is 1. The fourth-order valence-corrected chi connectivity index (χ4v) is 3.52. The maximum absolute atomic E-state index is 12.7. The van der Waals surface area contributed by atoms with Gasteiger partial charge in [-0.05, 0) is 31.4 Å². The van der Waals surface area contributed by atoms with Crippen molar-refractivity contribution < 1.29 is 14.3 Å². The summed E-state index contributed by atoms with van der Waals surface area (Å²) in [5.41, 5.74) is 0.395. The Labute approximate surface area is 176 Å². The van der Waals surface area contributed by atoms with Crippen molar-refractivity contribution in [3.05, 3.63) is 28.8 Å². The van der Waals surface area contributed by atoms with Crippen LogP contribution in [0.15, 0.2) is 23.3 Å². The molecular weight excluding hydrogens is 396 g/mol. The van der Waals surface area contributed by atoms with Crippen molar-refractivity contribution in [2.45, 2.75) is 38.8 Å². The van der Waals surface area contributed by atoms with Crippen LogP contribution in [0.1, 0.15) is 26.2 Å². The number of carbonyl (C=O) groups is 1. The molecular formula is C20H29ClN4O4. The van der Waals surface area contributed by atoms with Crippen LogP contribution in [0.2, 0.25) is 0 Å². The average molecular weight is 425 g/mol.